The number of fused-ring (bicyclic) bond motifs is 1. The van der Waals surface area contributed by atoms with Gasteiger partial charge in [-0.25, -0.2) is 0 Å². The molecule has 1 unspecified atom stereocenters. The lowest BCUT2D eigenvalue weighted by Gasteiger charge is -2.35. The maximum atomic E-state index is 12.0. The zero-order chi connectivity index (χ0) is 13.3. The number of carbonyl (C=O) groups is 1. The first kappa shape index (κ1) is 13.4. The van der Waals surface area contributed by atoms with E-state index in [4.69, 9.17) is 5.73 Å². The van der Waals surface area contributed by atoms with E-state index in [9.17, 15) is 4.79 Å². The summed E-state index contributed by atoms with van der Waals surface area (Å²) in [6.07, 6.45) is 0. The van der Waals surface area contributed by atoms with Crippen LogP contribution in [0.3, 0.4) is 0 Å². The molecule has 0 aromatic heterocycles. The molecule has 1 aliphatic heterocycles. The van der Waals surface area contributed by atoms with Crippen molar-refractivity contribution >= 4 is 23.4 Å². The van der Waals surface area contributed by atoms with Gasteiger partial charge in [-0.3, -0.25) is 4.79 Å². The summed E-state index contributed by atoms with van der Waals surface area (Å²) >= 11 is 1.84. The van der Waals surface area contributed by atoms with Gasteiger partial charge in [0.2, 0.25) is 5.91 Å². The molecule has 1 heterocycles. The minimum atomic E-state index is 0.0106. The van der Waals surface area contributed by atoms with Crippen LogP contribution in [-0.2, 0) is 4.79 Å². The Hall–Kier alpha value is -1.00. The summed E-state index contributed by atoms with van der Waals surface area (Å²) in [7, 11) is 0. The standard InChI is InChI=1S/C14H20N2OS/c1-9(2)11-5-4-6-12-14(11)16(13(17)7-15)8-10(3)18-12/h4-6,9-10H,7-8,15H2,1-3H3. The van der Waals surface area contributed by atoms with Gasteiger partial charge in [0.05, 0.1) is 12.2 Å². The van der Waals surface area contributed by atoms with Crippen molar-refractivity contribution in [1.82, 2.24) is 0 Å². The van der Waals surface area contributed by atoms with Gasteiger partial charge >= 0.3 is 0 Å². The summed E-state index contributed by atoms with van der Waals surface area (Å²) in [4.78, 5) is 15.1. The van der Waals surface area contributed by atoms with Crippen molar-refractivity contribution in [3.8, 4) is 0 Å². The lowest BCUT2D eigenvalue weighted by molar-refractivity contribution is -0.117. The van der Waals surface area contributed by atoms with Crippen molar-refractivity contribution in [3.05, 3.63) is 23.8 Å². The van der Waals surface area contributed by atoms with Gasteiger partial charge in [-0.2, -0.15) is 0 Å². The molecule has 0 radical (unpaired) electrons. The minimum absolute atomic E-state index is 0.0106. The second kappa shape index (κ2) is 5.33. The average Bonchev–Trinajstić information content (AvgIpc) is 2.35. The zero-order valence-corrected chi connectivity index (χ0v) is 12.0. The molecule has 0 saturated carbocycles. The quantitative estimate of drug-likeness (QED) is 0.893. The van der Waals surface area contributed by atoms with Crippen molar-refractivity contribution in [1.29, 1.82) is 0 Å². The highest BCUT2D eigenvalue weighted by Crippen LogP contribution is 2.42. The Morgan fingerprint density at radius 3 is 2.89 bits per heavy atom. The highest BCUT2D eigenvalue weighted by Gasteiger charge is 2.28. The Bertz CT molecular complexity index is 459. The molecule has 98 valence electrons. The molecule has 1 aliphatic rings. The van der Waals surface area contributed by atoms with Gasteiger partial charge in [0, 0.05) is 16.7 Å². The first-order valence-corrected chi connectivity index (χ1v) is 7.22. The Morgan fingerprint density at radius 1 is 1.56 bits per heavy atom. The normalized spacial score (nSPS) is 18.9. The number of nitrogens with two attached hydrogens (primary N) is 1. The van der Waals surface area contributed by atoms with Gasteiger partial charge in [-0.15, -0.1) is 11.8 Å². The van der Waals surface area contributed by atoms with Crippen molar-refractivity contribution in [2.75, 3.05) is 18.0 Å². The van der Waals surface area contributed by atoms with Gasteiger partial charge in [0.15, 0.2) is 0 Å². The first-order chi connectivity index (χ1) is 8.54. The Labute approximate surface area is 113 Å². The fraction of sp³-hybridized carbons (Fsp3) is 0.500. The minimum Gasteiger partial charge on any atom is -0.322 e. The molecule has 3 nitrogen and oxygen atoms in total. The molecule has 2 N–H and O–H groups in total. The van der Waals surface area contributed by atoms with Gasteiger partial charge in [-0.05, 0) is 17.5 Å². The van der Waals surface area contributed by atoms with Crippen molar-refractivity contribution in [2.24, 2.45) is 5.73 Å². The van der Waals surface area contributed by atoms with Crippen molar-refractivity contribution in [2.45, 2.75) is 36.8 Å². The highest BCUT2D eigenvalue weighted by atomic mass is 32.2. The molecule has 0 bridgehead atoms. The van der Waals surface area contributed by atoms with E-state index in [1.165, 1.54) is 10.5 Å². The lowest BCUT2D eigenvalue weighted by atomic mass is 10.00. The third-order valence-electron chi connectivity index (χ3n) is 3.17. The van der Waals surface area contributed by atoms with E-state index in [-0.39, 0.29) is 12.5 Å². The maximum Gasteiger partial charge on any atom is 0.240 e. The number of carbonyl (C=O) groups excluding carboxylic acids is 1. The van der Waals surface area contributed by atoms with E-state index in [1.54, 1.807) is 0 Å². The summed E-state index contributed by atoms with van der Waals surface area (Å²) in [6.45, 7) is 7.28. The van der Waals surface area contributed by atoms with Crippen LogP contribution in [0.2, 0.25) is 0 Å². The smallest absolute Gasteiger partial charge is 0.240 e. The first-order valence-electron chi connectivity index (χ1n) is 6.34. The Kier molecular flexibility index (Phi) is 3.97. The number of hydrogen-bond donors (Lipinski definition) is 1. The molecular formula is C14H20N2OS. The predicted molar refractivity (Wildman–Crippen MR) is 77.3 cm³/mol. The molecule has 18 heavy (non-hydrogen) atoms. The fourth-order valence-electron chi connectivity index (χ4n) is 2.33. The van der Waals surface area contributed by atoms with E-state index < -0.39 is 0 Å². The van der Waals surface area contributed by atoms with Crippen LogP contribution in [0, 0.1) is 0 Å². The fourth-order valence-corrected chi connectivity index (χ4v) is 3.48. The summed E-state index contributed by atoms with van der Waals surface area (Å²) < 4.78 is 0. The molecule has 1 amide bonds. The summed E-state index contributed by atoms with van der Waals surface area (Å²) in [5.41, 5.74) is 7.84. The molecule has 4 heteroatoms. The van der Waals surface area contributed by atoms with Crippen LogP contribution in [0.1, 0.15) is 32.3 Å². The van der Waals surface area contributed by atoms with Crippen LogP contribution in [0.25, 0.3) is 0 Å². The number of amides is 1. The highest BCUT2D eigenvalue weighted by molar-refractivity contribution is 8.00. The zero-order valence-electron chi connectivity index (χ0n) is 11.1. The van der Waals surface area contributed by atoms with Gasteiger partial charge < -0.3 is 10.6 Å². The number of hydrogen-bond acceptors (Lipinski definition) is 3. The maximum absolute atomic E-state index is 12.0. The van der Waals surface area contributed by atoms with Crippen molar-refractivity contribution < 1.29 is 4.79 Å². The number of nitrogens with zero attached hydrogens (tertiary/aromatic N) is 1. The van der Waals surface area contributed by atoms with Gasteiger partial charge in [-0.1, -0.05) is 32.9 Å². The van der Waals surface area contributed by atoms with E-state index in [2.05, 4.69) is 39.0 Å². The Balaban J connectivity index is 2.53. The number of rotatable bonds is 2. The van der Waals surface area contributed by atoms with E-state index in [0.717, 1.165) is 12.2 Å². The van der Waals surface area contributed by atoms with E-state index >= 15 is 0 Å². The molecular weight excluding hydrogens is 244 g/mol. The molecule has 0 fully saturated rings. The van der Waals surface area contributed by atoms with Crippen molar-refractivity contribution in [3.63, 3.8) is 0 Å². The van der Waals surface area contributed by atoms with Crippen LogP contribution in [-0.4, -0.2) is 24.2 Å². The van der Waals surface area contributed by atoms with Crippen LogP contribution in [0.15, 0.2) is 23.1 Å². The topological polar surface area (TPSA) is 46.3 Å². The number of para-hydroxylation sites is 1. The van der Waals surface area contributed by atoms with Crippen LogP contribution >= 0.6 is 11.8 Å². The van der Waals surface area contributed by atoms with E-state index in [0.29, 0.717) is 11.2 Å². The van der Waals surface area contributed by atoms with Gasteiger partial charge in [0.1, 0.15) is 0 Å². The molecule has 0 saturated heterocycles. The molecule has 0 spiro atoms. The summed E-state index contributed by atoms with van der Waals surface area (Å²) in [6, 6.07) is 6.28. The lowest BCUT2D eigenvalue weighted by Crippen LogP contribution is -2.42. The molecule has 1 aromatic rings. The molecule has 0 aliphatic carbocycles. The number of thioether (sulfide) groups is 1. The number of benzene rings is 1. The average molecular weight is 264 g/mol. The third-order valence-corrected chi connectivity index (χ3v) is 4.30. The third kappa shape index (κ3) is 2.40. The second-order valence-corrected chi connectivity index (χ2v) is 6.47. The summed E-state index contributed by atoms with van der Waals surface area (Å²) in [5, 5.41) is 0.412. The van der Waals surface area contributed by atoms with Crippen LogP contribution in [0.4, 0.5) is 5.69 Å². The van der Waals surface area contributed by atoms with Crippen LogP contribution in [0.5, 0.6) is 0 Å². The molecule has 2 rings (SSSR count). The largest absolute Gasteiger partial charge is 0.322 e. The molecule has 1 atom stereocenters. The second-order valence-electron chi connectivity index (χ2n) is 4.99. The molecule has 1 aromatic carbocycles. The Morgan fingerprint density at radius 2 is 2.28 bits per heavy atom. The van der Waals surface area contributed by atoms with Crippen LogP contribution < -0.4 is 10.6 Å². The summed E-state index contributed by atoms with van der Waals surface area (Å²) in [5.74, 6) is 0.415. The van der Waals surface area contributed by atoms with Gasteiger partial charge in [0.25, 0.3) is 0 Å². The SMILES string of the molecule is CC1CN(C(=O)CN)c2c(cccc2C(C)C)S1. The predicted octanol–water partition coefficient (Wildman–Crippen LogP) is 2.60. The van der Waals surface area contributed by atoms with E-state index in [1.807, 2.05) is 16.7 Å². The monoisotopic (exact) mass is 264 g/mol. The number of anilines is 1.